The summed E-state index contributed by atoms with van der Waals surface area (Å²) in [5.41, 5.74) is 0. The van der Waals surface area contributed by atoms with Crippen LogP contribution in [0.2, 0.25) is 6.55 Å². The van der Waals surface area contributed by atoms with Crippen LogP contribution in [0.25, 0.3) is 0 Å². The van der Waals surface area contributed by atoms with Crippen LogP contribution in [0, 0.1) is 0 Å². The van der Waals surface area contributed by atoms with Crippen LogP contribution in [0.4, 0.5) is 0 Å². The molecule has 0 aromatic rings. The molecule has 0 amide bonds. The second-order valence-electron chi connectivity index (χ2n) is 3.32. The molecule has 0 rings (SSSR count). The third-order valence-electron chi connectivity index (χ3n) is 1.29. The van der Waals surface area contributed by atoms with Gasteiger partial charge in [0.1, 0.15) is 0 Å². The third-order valence-corrected chi connectivity index (χ3v) is 3.45. The summed E-state index contributed by atoms with van der Waals surface area (Å²) < 4.78 is 16.6. The van der Waals surface area contributed by atoms with Crippen molar-refractivity contribution in [3.63, 3.8) is 0 Å². The highest BCUT2D eigenvalue weighted by molar-refractivity contribution is 6.59. The van der Waals surface area contributed by atoms with Crippen molar-refractivity contribution in [1.82, 2.24) is 0 Å². The molecule has 82 valence electrons. The summed E-state index contributed by atoms with van der Waals surface area (Å²) in [6, 6.07) is 0. The van der Waals surface area contributed by atoms with Crippen molar-refractivity contribution in [2.24, 2.45) is 0 Å². The lowest BCUT2D eigenvalue weighted by Gasteiger charge is -2.26. The van der Waals surface area contributed by atoms with E-state index in [0.717, 1.165) is 6.42 Å². The predicted octanol–water partition coefficient (Wildman–Crippen LogP) is 3.08. The molecular weight excluding hydrogens is 196 g/mol. The first-order valence-electron chi connectivity index (χ1n) is 4.72. The Kier molecular flexibility index (Phi) is 5.56. The number of hydrogen-bond acceptors (Lipinski definition) is 3. The summed E-state index contributed by atoms with van der Waals surface area (Å²) >= 11 is 0. The Morgan fingerprint density at radius 1 is 1.14 bits per heavy atom. The maximum atomic E-state index is 5.57. The molecular formula is C10H20O3Si. The summed E-state index contributed by atoms with van der Waals surface area (Å²) in [5, 5.41) is 0. The fourth-order valence-corrected chi connectivity index (χ4v) is 3.00. The van der Waals surface area contributed by atoms with Gasteiger partial charge < -0.3 is 13.3 Å². The number of allylic oxidation sites excluding steroid dienone is 2. The monoisotopic (exact) mass is 216 g/mol. The van der Waals surface area contributed by atoms with Gasteiger partial charge >= 0.3 is 8.80 Å². The molecule has 0 saturated heterocycles. The lowest BCUT2D eigenvalue weighted by Crippen LogP contribution is -2.41. The zero-order valence-electron chi connectivity index (χ0n) is 9.55. The Morgan fingerprint density at radius 3 is 1.86 bits per heavy atom. The fraction of sp³-hybridized carbons (Fsp3) is 0.600. The highest BCUT2D eigenvalue weighted by Gasteiger charge is 2.39. The van der Waals surface area contributed by atoms with Crippen LogP contribution in [0.15, 0.2) is 24.7 Å². The Hall–Kier alpha value is -0.743. The van der Waals surface area contributed by atoms with Crippen LogP contribution in [0.1, 0.15) is 27.2 Å². The molecule has 0 aromatic carbocycles. The second kappa shape index (κ2) is 5.88. The smallest absolute Gasteiger partial charge is 0.497 e. The molecule has 0 aliphatic heterocycles. The standard InChI is InChI=1S/C10H20O3Si/c1-7-8-11-14(6,12-9(2)3)13-10(4)5/h2,4,7-8H2,1,3,5-6H3. The first-order valence-corrected chi connectivity index (χ1v) is 6.95. The molecule has 0 N–H and O–H groups in total. The fourth-order valence-electron chi connectivity index (χ4n) is 1.00. The van der Waals surface area contributed by atoms with Crippen molar-refractivity contribution in [1.29, 1.82) is 0 Å². The van der Waals surface area contributed by atoms with Crippen LogP contribution in [-0.4, -0.2) is 15.4 Å². The van der Waals surface area contributed by atoms with Crippen molar-refractivity contribution in [3.8, 4) is 0 Å². The highest BCUT2D eigenvalue weighted by atomic mass is 28.4. The molecule has 0 aliphatic carbocycles. The van der Waals surface area contributed by atoms with Crippen LogP contribution in [0.5, 0.6) is 0 Å². The average Bonchev–Trinajstić information content (AvgIpc) is 1.97. The molecule has 3 nitrogen and oxygen atoms in total. The lowest BCUT2D eigenvalue weighted by atomic mass is 10.5. The van der Waals surface area contributed by atoms with Gasteiger partial charge in [0.05, 0.1) is 11.5 Å². The zero-order valence-corrected chi connectivity index (χ0v) is 10.6. The van der Waals surface area contributed by atoms with Gasteiger partial charge in [-0.2, -0.15) is 0 Å². The normalized spacial score (nSPS) is 10.9. The van der Waals surface area contributed by atoms with E-state index in [-0.39, 0.29) is 0 Å². The van der Waals surface area contributed by atoms with Gasteiger partial charge in [0.25, 0.3) is 0 Å². The van der Waals surface area contributed by atoms with Gasteiger partial charge in [-0.15, -0.1) is 0 Å². The molecule has 0 saturated carbocycles. The van der Waals surface area contributed by atoms with E-state index < -0.39 is 8.80 Å². The van der Waals surface area contributed by atoms with Crippen LogP contribution in [-0.2, 0) is 13.3 Å². The summed E-state index contributed by atoms with van der Waals surface area (Å²) in [5.74, 6) is 1.22. The number of hydrogen-bond donors (Lipinski definition) is 0. The molecule has 0 radical (unpaired) electrons. The van der Waals surface area contributed by atoms with E-state index >= 15 is 0 Å². The van der Waals surface area contributed by atoms with Gasteiger partial charge in [-0.25, -0.2) is 0 Å². The van der Waals surface area contributed by atoms with E-state index in [0.29, 0.717) is 18.1 Å². The van der Waals surface area contributed by atoms with Crippen molar-refractivity contribution in [2.75, 3.05) is 6.61 Å². The first kappa shape index (κ1) is 13.3. The van der Waals surface area contributed by atoms with Crippen molar-refractivity contribution in [3.05, 3.63) is 24.7 Å². The zero-order chi connectivity index (χ0) is 11.2. The predicted molar refractivity (Wildman–Crippen MR) is 59.7 cm³/mol. The minimum Gasteiger partial charge on any atom is -0.497 e. The molecule has 0 heterocycles. The largest absolute Gasteiger partial charge is 0.628 e. The Labute approximate surface area is 87.7 Å². The molecule has 0 aromatic heterocycles. The lowest BCUT2D eigenvalue weighted by molar-refractivity contribution is 0.118. The van der Waals surface area contributed by atoms with Crippen molar-refractivity contribution in [2.45, 2.75) is 33.7 Å². The van der Waals surface area contributed by atoms with E-state index in [2.05, 4.69) is 13.2 Å². The molecule has 0 aliphatic rings. The van der Waals surface area contributed by atoms with Gasteiger partial charge in [-0.3, -0.25) is 0 Å². The summed E-state index contributed by atoms with van der Waals surface area (Å²) in [7, 11) is -2.60. The molecule has 4 heteroatoms. The van der Waals surface area contributed by atoms with Gasteiger partial charge in [0, 0.05) is 13.2 Å². The van der Waals surface area contributed by atoms with Gasteiger partial charge in [-0.05, 0) is 20.3 Å². The minimum absolute atomic E-state index is 0.608. The van der Waals surface area contributed by atoms with Gasteiger partial charge in [0.2, 0.25) is 0 Å². The Morgan fingerprint density at radius 2 is 1.57 bits per heavy atom. The molecule has 0 unspecified atom stereocenters. The van der Waals surface area contributed by atoms with E-state index in [4.69, 9.17) is 13.3 Å². The Bertz CT molecular complexity index is 197. The average molecular weight is 216 g/mol. The second-order valence-corrected chi connectivity index (χ2v) is 5.74. The summed E-state index contributed by atoms with van der Waals surface area (Å²) in [6.45, 7) is 15.4. The molecule has 0 bridgehead atoms. The molecule has 0 spiro atoms. The van der Waals surface area contributed by atoms with Crippen LogP contribution in [0.3, 0.4) is 0 Å². The van der Waals surface area contributed by atoms with Crippen molar-refractivity contribution >= 4 is 8.80 Å². The van der Waals surface area contributed by atoms with Crippen LogP contribution < -0.4 is 0 Å². The molecule has 0 atom stereocenters. The molecule has 0 fully saturated rings. The maximum Gasteiger partial charge on any atom is 0.628 e. The van der Waals surface area contributed by atoms with E-state index in [1.165, 1.54) is 0 Å². The third kappa shape index (κ3) is 5.83. The van der Waals surface area contributed by atoms with Crippen LogP contribution >= 0.6 is 0 Å². The highest BCUT2D eigenvalue weighted by Crippen LogP contribution is 2.16. The van der Waals surface area contributed by atoms with Gasteiger partial charge in [0.15, 0.2) is 0 Å². The summed E-state index contributed by atoms with van der Waals surface area (Å²) in [6.07, 6.45) is 0.932. The van der Waals surface area contributed by atoms with Crippen molar-refractivity contribution < 1.29 is 13.3 Å². The Balaban J connectivity index is 4.31. The topological polar surface area (TPSA) is 27.7 Å². The summed E-state index contributed by atoms with van der Waals surface area (Å²) in [4.78, 5) is 0. The number of rotatable bonds is 7. The van der Waals surface area contributed by atoms with E-state index in [9.17, 15) is 0 Å². The van der Waals surface area contributed by atoms with E-state index in [1.54, 1.807) is 13.8 Å². The quantitative estimate of drug-likeness (QED) is 0.483. The SMILES string of the molecule is C=C(C)O[Si](C)(OCCC)OC(=C)C. The minimum atomic E-state index is -2.60. The van der Waals surface area contributed by atoms with Gasteiger partial charge in [-0.1, -0.05) is 20.1 Å². The van der Waals surface area contributed by atoms with E-state index in [1.807, 2.05) is 13.5 Å². The maximum absolute atomic E-state index is 5.57. The molecule has 14 heavy (non-hydrogen) atoms. The first-order chi connectivity index (χ1) is 6.39.